The van der Waals surface area contributed by atoms with Crippen molar-refractivity contribution in [3.63, 3.8) is 0 Å². The second kappa shape index (κ2) is 10.2. The Morgan fingerprint density at radius 1 is 1.27 bits per heavy atom. The third-order valence-corrected chi connectivity index (χ3v) is 3.92. The summed E-state index contributed by atoms with van der Waals surface area (Å²) in [5.74, 6) is 0.720. The molecule has 0 aliphatic rings. The van der Waals surface area contributed by atoms with Gasteiger partial charge in [0.1, 0.15) is 13.0 Å². The fraction of sp³-hybridized carbons (Fsp3) is 0.211. The predicted octanol–water partition coefficient (Wildman–Crippen LogP) is 3.79. The summed E-state index contributed by atoms with van der Waals surface area (Å²) in [4.78, 5) is 11.3. The highest BCUT2D eigenvalue weighted by molar-refractivity contribution is 9.10. The van der Waals surface area contributed by atoms with Crippen LogP contribution in [0.2, 0.25) is 0 Å². The van der Waals surface area contributed by atoms with Gasteiger partial charge in [0.15, 0.2) is 11.5 Å². The van der Waals surface area contributed by atoms with E-state index in [1.54, 1.807) is 18.2 Å². The minimum Gasteiger partial charge on any atom is -0.490 e. The van der Waals surface area contributed by atoms with E-state index < -0.39 is 5.91 Å². The Labute approximate surface area is 160 Å². The lowest BCUT2D eigenvalue weighted by atomic mass is 10.2. The molecule has 0 bridgehead atoms. The maximum Gasteiger partial charge on any atom is 0.254 e. The molecule has 0 aromatic heterocycles. The molecule has 2 aromatic rings. The molecule has 0 radical (unpaired) electrons. The lowest BCUT2D eigenvalue weighted by molar-refractivity contribution is -0.120. The van der Waals surface area contributed by atoms with E-state index >= 15 is 0 Å². The summed E-state index contributed by atoms with van der Waals surface area (Å²) in [7, 11) is 0. The Hall–Kier alpha value is -2.85. The number of carbonyl (C=O) groups is 1. The van der Waals surface area contributed by atoms with Crippen molar-refractivity contribution in [1.82, 2.24) is 5.43 Å². The van der Waals surface area contributed by atoms with E-state index in [4.69, 9.17) is 14.7 Å². The molecule has 0 saturated heterocycles. The topological polar surface area (TPSA) is 83.7 Å². The monoisotopic (exact) mass is 415 g/mol. The molecule has 1 N–H and O–H groups in total. The zero-order valence-corrected chi connectivity index (χ0v) is 15.8. The van der Waals surface area contributed by atoms with E-state index in [0.29, 0.717) is 30.3 Å². The summed E-state index contributed by atoms with van der Waals surface area (Å²) in [5.41, 5.74) is 4.05. The van der Waals surface area contributed by atoms with Gasteiger partial charge in [-0.3, -0.25) is 4.79 Å². The second-order valence-corrected chi connectivity index (χ2v) is 6.01. The normalized spacial score (nSPS) is 10.3. The highest BCUT2D eigenvalue weighted by atomic mass is 79.9. The average molecular weight is 416 g/mol. The molecule has 134 valence electrons. The van der Waals surface area contributed by atoms with Gasteiger partial charge in [0.05, 0.1) is 18.9 Å². The summed E-state index contributed by atoms with van der Waals surface area (Å²) in [6.45, 7) is 2.79. The van der Waals surface area contributed by atoms with Crippen molar-refractivity contribution in [2.45, 2.75) is 20.0 Å². The molecule has 2 rings (SSSR count). The predicted molar refractivity (Wildman–Crippen MR) is 102 cm³/mol. The molecule has 26 heavy (non-hydrogen) atoms. The zero-order valence-electron chi connectivity index (χ0n) is 14.2. The van der Waals surface area contributed by atoms with E-state index in [1.807, 2.05) is 37.3 Å². The Morgan fingerprint density at radius 2 is 2.00 bits per heavy atom. The molecule has 0 unspecified atom stereocenters. The minimum atomic E-state index is -0.465. The van der Waals surface area contributed by atoms with Crippen molar-refractivity contribution in [1.29, 1.82) is 5.26 Å². The van der Waals surface area contributed by atoms with Gasteiger partial charge in [-0.25, -0.2) is 5.43 Å². The van der Waals surface area contributed by atoms with Crippen molar-refractivity contribution < 1.29 is 14.3 Å². The first kappa shape index (κ1) is 19.5. The number of nitrogens with zero attached hydrogens (tertiary/aromatic N) is 2. The molecule has 0 atom stereocenters. The van der Waals surface area contributed by atoms with Crippen LogP contribution in [-0.4, -0.2) is 18.7 Å². The van der Waals surface area contributed by atoms with Gasteiger partial charge < -0.3 is 9.47 Å². The number of rotatable bonds is 8. The van der Waals surface area contributed by atoms with Crippen LogP contribution < -0.4 is 14.9 Å². The second-order valence-electron chi connectivity index (χ2n) is 5.16. The van der Waals surface area contributed by atoms with Gasteiger partial charge in [0.2, 0.25) is 0 Å². The Morgan fingerprint density at radius 3 is 2.69 bits per heavy atom. The van der Waals surface area contributed by atoms with Crippen LogP contribution >= 0.6 is 15.9 Å². The van der Waals surface area contributed by atoms with Crippen LogP contribution in [-0.2, 0) is 11.4 Å². The highest BCUT2D eigenvalue weighted by Gasteiger charge is 2.10. The van der Waals surface area contributed by atoms with Crippen LogP contribution in [0, 0.1) is 11.3 Å². The molecular weight excluding hydrogens is 398 g/mol. The van der Waals surface area contributed by atoms with Gasteiger partial charge >= 0.3 is 0 Å². The molecule has 0 saturated carbocycles. The molecule has 0 fully saturated rings. The van der Waals surface area contributed by atoms with E-state index in [1.165, 1.54) is 6.21 Å². The third-order valence-electron chi connectivity index (χ3n) is 3.23. The number of hydrogen-bond donors (Lipinski definition) is 1. The number of halogens is 1. The fourth-order valence-electron chi connectivity index (χ4n) is 2.05. The maximum atomic E-state index is 11.3. The molecular formula is C19H18BrN3O3. The first-order chi connectivity index (χ1) is 12.6. The largest absolute Gasteiger partial charge is 0.490 e. The Bertz CT molecular complexity index is 817. The number of ether oxygens (including phenoxy) is 2. The number of benzene rings is 2. The smallest absolute Gasteiger partial charge is 0.254 e. The standard InChI is InChI=1S/C19H18BrN3O3/c1-2-25-17-10-15(12-22-23-19(24)8-9-21)16(20)11-18(17)26-13-14-6-4-3-5-7-14/h3-7,10-12H,2,8,13H2,1H3,(H,23,24)/b22-12-. The molecule has 2 aromatic carbocycles. The van der Waals surface area contributed by atoms with Crippen LogP contribution in [0.5, 0.6) is 11.5 Å². The van der Waals surface area contributed by atoms with Crippen LogP contribution in [0.3, 0.4) is 0 Å². The lowest BCUT2D eigenvalue weighted by Gasteiger charge is -2.14. The van der Waals surface area contributed by atoms with Gasteiger partial charge in [-0.1, -0.05) is 30.3 Å². The minimum absolute atomic E-state index is 0.241. The van der Waals surface area contributed by atoms with Crippen LogP contribution in [0.4, 0.5) is 0 Å². The van der Waals surface area contributed by atoms with Crippen molar-refractivity contribution in [3.8, 4) is 17.6 Å². The van der Waals surface area contributed by atoms with Gasteiger partial charge in [-0.15, -0.1) is 0 Å². The first-order valence-electron chi connectivity index (χ1n) is 7.96. The third kappa shape index (κ3) is 5.90. The van der Waals surface area contributed by atoms with Crippen molar-refractivity contribution >= 4 is 28.1 Å². The van der Waals surface area contributed by atoms with Crippen molar-refractivity contribution in [3.05, 3.63) is 58.1 Å². The number of carbonyl (C=O) groups excluding carboxylic acids is 1. The number of nitriles is 1. The highest BCUT2D eigenvalue weighted by Crippen LogP contribution is 2.33. The van der Waals surface area contributed by atoms with Crippen LogP contribution in [0.15, 0.2) is 52.0 Å². The zero-order chi connectivity index (χ0) is 18.8. The average Bonchev–Trinajstić information content (AvgIpc) is 2.64. The number of hydrogen-bond acceptors (Lipinski definition) is 5. The van der Waals surface area contributed by atoms with E-state index in [9.17, 15) is 4.79 Å². The molecule has 6 nitrogen and oxygen atoms in total. The summed E-state index contributed by atoms with van der Waals surface area (Å²) < 4.78 is 12.3. The lowest BCUT2D eigenvalue weighted by Crippen LogP contribution is -2.16. The molecule has 0 aliphatic heterocycles. The van der Waals surface area contributed by atoms with Crippen molar-refractivity contribution in [2.75, 3.05) is 6.61 Å². The summed E-state index contributed by atoms with van der Waals surface area (Å²) in [6, 6.07) is 15.2. The summed E-state index contributed by atoms with van der Waals surface area (Å²) >= 11 is 3.46. The summed E-state index contributed by atoms with van der Waals surface area (Å²) in [6.07, 6.45) is 1.23. The number of hydrazone groups is 1. The number of nitrogens with one attached hydrogen (secondary N) is 1. The molecule has 0 spiro atoms. The van der Waals surface area contributed by atoms with Crippen LogP contribution in [0.1, 0.15) is 24.5 Å². The van der Waals surface area contributed by atoms with E-state index in [2.05, 4.69) is 26.5 Å². The van der Waals surface area contributed by atoms with Gasteiger partial charge in [-0.05, 0) is 40.5 Å². The van der Waals surface area contributed by atoms with Gasteiger partial charge in [0, 0.05) is 10.0 Å². The molecule has 0 aliphatic carbocycles. The fourth-order valence-corrected chi connectivity index (χ4v) is 2.48. The van der Waals surface area contributed by atoms with E-state index in [0.717, 1.165) is 10.0 Å². The SMILES string of the molecule is CCOc1cc(/C=N\NC(=O)CC#N)c(Br)cc1OCc1ccccc1. The Balaban J connectivity index is 2.14. The first-order valence-corrected chi connectivity index (χ1v) is 8.75. The Kier molecular flexibility index (Phi) is 7.65. The molecule has 7 heteroatoms. The van der Waals surface area contributed by atoms with Gasteiger partial charge in [0.25, 0.3) is 5.91 Å². The van der Waals surface area contributed by atoms with Gasteiger partial charge in [-0.2, -0.15) is 10.4 Å². The van der Waals surface area contributed by atoms with E-state index in [-0.39, 0.29) is 6.42 Å². The van der Waals surface area contributed by atoms with Crippen LogP contribution in [0.25, 0.3) is 0 Å². The van der Waals surface area contributed by atoms with Crippen molar-refractivity contribution in [2.24, 2.45) is 5.10 Å². The maximum absolute atomic E-state index is 11.3. The summed E-state index contributed by atoms with van der Waals surface area (Å²) in [5, 5.41) is 12.3. The molecule has 1 amide bonds. The molecule has 0 heterocycles. The number of amides is 1. The quantitative estimate of drug-likeness (QED) is 0.524.